The van der Waals surface area contributed by atoms with E-state index in [0.29, 0.717) is 24.8 Å². The molecule has 0 heterocycles. The quantitative estimate of drug-likeness (QED) is 0.618. The summed E-state index contributed by atoms with van der Waals surface area (Å²) in [7, 11) is 0. The lowest BCUT2D eigenvalue weighted by Crippen LogP contribution is -2.22. The van der Waals surface area contributed by atoms with Crippen molar-refractivity contribution < 1.29 is 22.8 Å². The minimum atomic E-state index is -4.33. The van der Waals surface area contributed by atoms with Gasteiger partial charge in [-0.05, 0) is 36.7 Å². The van der Waals surface area contributed by atoms with Crippen LogP contribution in [-0.2, 0) is 4.79 Å². The Morgan fingerprint density at radius 2 is 1.85 bits per heavy atom. The van der Waals surface area contributed by atoms with Crippen molar-refractivity contribution in [1.29, 1.82) is 0 Å². The molecule has 0 saturated heterocycles. The van der Waals surface area contributed by atoms with Crippen LogP contribution in [0.15, 0.2) is 29.2 Å². The zero-order chi connectivity index (χ0) is 14.8. The van der Waals surface area contributed by atoms with Gasteiger partial charge in [-0.2, -0.15) is 13.2 Å². The predicted octanol–water partition coefficient (Wildman–Crippen LogP) is 4.24. The lowest BCUT2D eigenvalue weighted by molar-refractivity contribution is -0.121. The van der Waals surface area contributed by atoms with Crippen LogP contribution < -0.4 is 0 Å². The van der Waals surface area contributed by atoms with Gasteiger partial charge in [0, 0.05) is 29.2 Å². The summed E-state index contributed by atoms with van der Waals surface area (Å²) in [6, 6.07) is 5.37. The molecule has 1 saturated carbocycles. The van der Waals surface area contributed by atoms with E-state index in [0.717, 1.165) is 0 Å². The van der Waals surface area contributed by atoms with E-state index in [2.05, 4.69) is 0 Å². The molecule has 20 heavy (non-hydrogen) atoms. The SMILES string of the molecule is O=C1CCCC(C(=O)c2ccc(SC(F)(F)F)cc2)C1. The van der Waals surface area contributed by atoms with Gasteiger partial charge in [-0.25, -0.2) is 0 Å². The maximum Gasteiger partial charge on any atom is 0.446 e. The number of Topliss-reactive ketones (excluding diaryl/α,β-unsaturated/α-hetero) is 2. The maximum atomic E-state index is 12.2. The van der Waals surface area contributed by atoms with E-state index < -0.39 is 5.51 Å². The Labute approximate surface area is 118 Å². The molecule has 0 aromatic heterocycles. The van der Waals surface area contributed by atoms with Crippen molar-refractivity contribution in [2.45, 2.75) is 36.1 Å². The Bertz CT molecular complexity index is 508. The smallest absolute Gasteiger partial charge is 0.300 e. The molecule has 1 aliphatic rings. The molecule has 0 spiro atoms. The van der Waals surface area contributed by atoms with Crippen LogP contribution in [0.1, 0.15) is 36.0 Å². The van der Waals surface area contributed by atoms with Crippen molar-refractivity contribution in [2.75, 3.05) is 0 Å². The minimum absolute atomic E-state index is 0.0498. The van der Waals surface area contributed by atoms with E-state index in [4.69, 9.17) is 0 Å². The molecule has 0 N–H and O–H groups in total. The van der Waals surface area contributed by atoms with Gasteiger partial charge in [-0.15, -0.1) is 0 Å². The van der Waals surface area contributed by atoms with Gasteiger partial charge in [0.2, 0.25) is 0 Å². The van der Waals surface area contributed by atoms with Crippen LogP contribution >= 0.6 is 11.8 Å². The summed E-state index contributed by atoms with van der Waals surface area (Å²) in [4.78, 5) is 23.5. The van der Waals surface area contributed by atoms with Crippen molar-refractivity contribution in [3.63, 3.8) is 0 Å². The Morgan fingerprint density at radius 1 is 1.20 bits per heavy atom. The number of carbonyl (C=O) groups excluding carboxylic acids is 2. The van der Waals surface area contributed by atoms with E-state index in [1.54, 1.807) is 0 Å². The first-order valence-electron chi connectivity index (χ1n) is 6.27. The van der Waals surface area contributed by atoms with Crippen LogP contribution in [0.25, 0.3) is 0 Å². The fraction of sp³-hybridized carbons (Fsp3) is 0.429. The van der Waals surface area contributed by atoms with Gasteiger partial charge in [0.25, 0.3) is 0 Å². The fourth-order valence-electron chi connectivity index (χ4n) is 2.30. The lowest BCUT2D eigenvalue weighted by Gasteiger charge is -2.19. The van der Waals surface area contributed by atoms with Crippen LogP contribution in [0.4, 0.5) is 13.2 Å². The molecule has 1 unspecified atom stereocenters. The van der Waals surface area contributed by atoms with Gasteiger partial charge in [-0.3, -0.25) is 9.59 Å². The van der Waals surface area contributed by atoms with Gasteiger partial charge >= 0.3 is 5.51 Å². The number of hydrogen-bond acceptors (Lipinski definition) is 3. The second kappa shape index (κ2) is 5.99. The zero-order valence-corrected chi connectivity index (χ0v) is 11.4. The normalized spacial score (nSPS) is 19.9. The van der Waals surface area contributed by atoms with Gasteiger partial charge in [0.1, 0.15) is 5.78 Å². The highest BCUT2D eigenvalue weighted by Gasteiger charge is 2.30. The molecule has 2 rings (SSSR count). The third-order valence-electron chi connectivity index (χ3n) is 3.23. The number of thioether (sulfide) groups is 1. The Balaban J connectivity index is 2.05. The van der Waals surface area contributed by atoms with Gasteiger partial charge in [-0.1, -0.05) is 12.1 Å². The summed E-state index contributed by atoms with van der Waals surface area (Å²) in [6.45, 7) is 0. The number of ketones is 2. The average Bonchev–Trinajstić information content (AvgIpc) is 2.37. The first-order valence-corrected chi connectivity index (χ1v) is 7.08. The average molecular weight is 302 g/mol. The van der Waals surface area contributed by atoms with E-state index >= 15 is 0 Å². The van der Waals surface area contributed by atoms with Crippen LogP contribution in [-0.4, -0.2) is 17.1 Å². The predicted molar refractivity (Wildman–Crippen MR) is 69.6 cm³/mol. The van der Waals surface area contributed by atoms with Gasteiger partial charge < -0.3 is 0 Å². The van der Waals surface area contributed by atoms with Crippen molar-refractivity contribution in [3.8, 4) is 0 Å². The second-order valence-corrected chi connectivity index (χ2v) is 5.91. The molecule has 1 atom stereocenters. The van der Waals surface area contributed by atoms with Crippen LogP contribution in [0.3, 0.4) is 0 Å². The molecule has 108 valence electrons. The molecule has 0 aliphatic heterocycles. The van der Waals surface area contributed by atoms with Gasteiger partial charge in [0.15, 0.2) is 5.78 Å². The molecular weight excluding hydrogens is 289 g/mol. The molecule has 6 heteroatoms. The van der Waals surface area contributed by atoms with Crippen molar-refractivity contribution >= 4 is 23.3 Å². The first kappa shape index (κ1) is 15.1. The molecule has 1 aromatic carbocycles. The molecule has 0 bridgehead atoms. The maximum absolute atomic E-state index is 12.2. The van der Waals surface area contributed by atoms with Crippen LogP contribution in [0.2, 0.25) is 0 Å². The molecular formula is C14H13F3O2S. The van der Waals surface area contributed by atoms with E-state index in [-0.39, 0.29) is 40.6 Å². The van der Waals surface area contributed by atoms with E-state index in [1.165, 1.54) is 24.3 Å². The second-order valence-electron chi connectivity index (χ2n) is 4.77. The number of alkyl halides is 3. The number of carbonyl (C=O) groups is 2. The lowest BCUT2D eigenvalue weighted by atomic mass is 9.83. The van der Waals surface area contributed by atoms with Gasteiger partial charge in [0.05, 0.1) is 0 Å². The number of rotatable bonds is 3. The molecule has 1 aromatic rings. The monoisotopic (exact) mass is 302 g/mol. The van der Waals surface area contributed by atoms with Crippen LogP contribution in [0.5, 0.6) is 0 Å². The highest BCUT2D eigenvalue weighted by atomic mass is 32.2. The third-order valence-corrected chi connectivity index (χ3v) is 3.96. The van der Waals surface area contributed by atoms with Crippen molar-refractivity contribution in [2.24, 2.45) is 5.92 Å². The van der Waals surface area contributed by atoms with E-state index in [1.807, 2.05) is 0 Å². The number of hydrogen-bond donors (Lipinski definition) is 0. The number of benzene rings is 1. The third kappa shape index (κ3) is 4.10. The molecule has 1 aliphatic carbocycles. The molecule has 0 amide bonds. The fourth-order valence-corrected chi connectivity index (χ4v) is 2.84. The molecule has 1 fully saturated rings. The summed E-state index contributed by atoms with van der Waals surface area (Å²) < 4.78 is 36.6. The standard InChI is InChI=1S/C14H13F3O2S/c15-14(16,17)20-12-6-4-9(5-7-12)13(19)10-2-1-3-11(18)8-10/h4-7,10H,1-3,8H2. The summed E-state index contributed by atoms with van der Waals surface area (Å²) in [5.41, 5.74) is -3.96. The van der Waals surface area contributed by atoms with Crippen LogP contribution in [0, 0.1) is 5.92 Å². The number of halogens is 3. The zero-order valence-electron chi connectivity index (χ0n) is 10.6. The Morgan fingerprint density at radius 3 is 2.40 bits per heavy atom. The highest BCUT2D eigenvalue weighted by molar-refractivity contribution is 8.00. The minimum Gasteiger partial charge on any atom is -0.300 e. The highest BCUT2D eigenvalue weighted by Crippen LogP contribution is 2.37. The summed E-state index contributed by atoms with van der Waals surface area (Å²) in [5.74, 6) is -0.391. The summed E-state index contributed by atoms with van der Waals surface area (Å²) in [6.07, 6.45) is 2.14. The van der Waals surface area contributed by atoms with E-state index in [9.17, 15) is 22.8 Å². The topological polar surface area (TPSA) is 34.1 Å². The summed E-state index contributed by atoms with van der Waals surface area (Å²) in [5, 5.41) is 0. The Hall–Kier alpha value is -1.30. The Kier molecular flexibility index (Phi) is 4.52. The summed E-state index contributed by atoms with van der Waals surface area (Å²) >= 11 is -0.208. The van der Waals surface area contributed by atoms with Crippen molar-refractivity contribution in [3.05, 3.63) is 29.8 Å². The molecule has 0 radical (unpaired) electrons. The first-order chi connectivity index (χ1) is 9.35. The molecule has 2 nitrogen and oxygen atoms in total. The largest absolute Gasteiger partial charge is 0.446 e. The van der Waals surface area contributed by atoms with Crippen molar-refractivity contribution in [1.82, 2.24) is 0 Å².